The Kier molecular flexibility index (Phi) is 5.69. The number of aliphatic hydroxyl groups excluding tert-OH is 1. The lowest BCUT2D eigenvalue weighted by Crippen LogP contribution is -2.65. The van der Waals surface area contributed by atoms with Crippen molar-refractivity contribution in [3.63, 3.8) is 0 Å². The molecule has 1 aromatic carbocycles. The van der Waals surface area contributed by atoms with Gasteiger partial charge in [-0.25, -0.2) is 4.79 Å². The third kappa shape index (κ3) is 4.11. The van der Waals surface area contributed by atoms with Crippen LogP contribution >= 0.6 is 0 Å². The molecule has 1 aliphatic heterocycles. The van der Waals surface area contributed by atoms with E-state index in [-0.39, 0.29) is 12.5 Å². The van der Waals surface area contributed by atoms with Crippen molar-refractivity contribution < 1.29 is 24.2 Å². The Morgan fingerprint density at radius 2 is 1.88 bits per heavy atom. The molecular formula is C18H22N2O5. The number of aryl methyl sites for hydroxylation is 1. The number of hydrogen-bond donors (Lipinski definition) is 3. The molecule has 0 bridgehead atoms. The molecule has 0 saturated carbocycles. The number of amides is 1. The average Bonchev–Trinajstić information content (AvgIpc) is 2.56. The lowest BCUT2D eigenvalue weighted by atomic mass is 9.76. The molecule has 3 N–H and O–H groups in total. The smallest absolute Gasteiger partial charge is 0.360 e. The number of aliphatic hydroxyl groups is 1. The molecule has 1 heterocycles. The van der Waals surface area contributed by atoms with Gasteiger partial charge < -0.3 is 15.2 Å². The maximum absolute atomic E-state index is 12.3. The standard InChI is InChI=1S/C18H22N2O5/c1-9-4-6-12(7-5-9)8-25-18(24)14(19)16(22)10(2)15-13(11(3)21)17(23)20-15/h4-7,10-11,13,15,19,21H,8H2,1-3H3,(H,20,23). The fourth-order valence-corrected chi connectivity index (χ4v) is 2.77. The van der Waals surface area contributed by atoms with Gasteiger partial charge in [0.1, 0.15) is 6.61 Å². The zero-order valence-electron chi connectivity index (χ0n) is 14.4. The highest BCUT2D eigenvalue weighted by atomic mass is 16.5. The molecule has 1 aliphatic rings. The van der Waals surface area contributed by atoms with E-state index in [1.54, 1.807) is 12.1 Å². The van der Waals surface area contributed by atoms with E-state index in [4.69, 9.17) is 10.1 Å². The molecule has 4 atom stereocenters. The Bertz CT molecular complexity index is 696. The average molecular weight is 346 g/mol. The van der Waals surface area contributed by atoms with Crippen LogP contribution in [-0.2, 0) is 25.7 Å². The van der Waals surface area contributed by atoms with Crippen LogP contribution in [-0.4, -0.2) is 40.6 Å². The maximum atomic E-state index is 12.3. The molecule has 1 fully saturated rings. The number of hydrogen-bond acceptors (Lipinski definition) is 6. The third-order valence-corrected chi connectivity index (χ3v) is 4.41. The number of ether oxygens (including phenoxy) is 1. The Balaban J connectivity index is 1.92. The Morgan fingerprint density at radius 1 is 1.28 bits per heavy atom. The second-order valence-electron chi connectivity index (χ2n) is 6.39. The molecule has 2 rings (SSSR count). The van der Waals surface area contributed by atoms with E-state index in [1.807, 2.05) is 19.1 Å². The highest BCUT2D eigenvalue weighted by Gasteiger charge is 2.48. The Labute approximate surface area is 145 Å². The van der Waals surface area contributed by atoms with Crippen LogP contribution < -0.4 is 5.32 Å². The molecule has 25 heavy (non-hydrogen) atoms. The maximum Gasteiger partial charge on any atom is 0.360 e. The summed E-state index contributed by atoms with van der Waals surface area (Å²) in [6.07, 6.45) is -0.906. The highest BCUT2D eigenvalue weighted by Crippen LogP contribution is 2.26. The van der Waals surface area contributed by atoms with E-state index in [0.717, 1.165) is 11.1 Å². The summed E-state index contributed by atoms with van der Waals surface area (Å²) in [6, 6.07) is 6.75. The van der Waals surface area contributed by atoms with Crippen molar-refractivity contribution >= 4 is 23.4 Å². The van der Waals surface area contributed by atoms with Crippen LogP contribution in [0.5, 0.6) is 0 Å². The zero-order chi connectivity index (χ0) is 18.7. The first-order valence-corrected chi connectivity index (χ1v) is 8.06. The fourth-order valence-electron chi connectivity index (χ4n) is 2.77. The van der Waals surface area contributed by atoms with Crippen LogP contribution in [0.2, 0.25) is 0 Å². The second kappa shape index (κ2) is 7.57. The Hall–Kier alpha value is -2.54. The quantitative estimate of drug-likeness (QED) is 0.292. The number of carbonyl (C=O) groups excluding carboxylic acids is 3. The predicted molar refractivity (Wildman–Crippen MR) is 90.0 cm³/mol. The number of ketones is 1. The molecular weight excluding hydrogens is 324 g/mol. The van der Waals surface area contributed by atoms with Gasteiger partial charge in [0.15, 0.2) is 11.5 Å². The fraction of sp³-hybridized carbons (Fsp3) is 0.444. The molecule has 7 nitrogen and oxygen atoms in total. The monoisotopic (exact) mass is 346 g/mol. The van der Waals surface area contributed by atoms with Crippen molar-refractivity contribution in [2.45, 2.75) is 39.5 Å². The van der Waals surface area contributed by atoms with Crippen molar-refractivity contribution in [3.05, 3.63) is 35.4 Å². The van der Waals surface area contributed by atoms with Crippen molar-refractivity contribution in [2.24, 2.45) is 11.8 Å². The number of carbonyl (C=O) groups is 3. The van der Waals surface area contributed by atoms with E-state index < -0.39 is 41.4 Å². The summed E-state index contributed by atoms with van der Waals surface area (Å²) < 4.78 is 5.01. The highest BCUT2D eigenvalue weighted by molar-refractivity contribution is 6.63. The largest absolute Gasteiger partial charge is 0.456 e. The summed E-state index contributed by atoms with van der Waals surface area (Å²) >= 11 is 0. The lowest BCUT2D eigenvalue weighted by Gasteiger charge is -2.41. The third-order valence-electron chi connectivity index (χ3n) is 4.41. The van der Waals surface area contributed by atoms with Gasteiger partial charge in [0, 0.05) is 5.92 Å². The van der Waals surface area contributed by atoms with Crippen molar-refractivity contribution in [1.82, 2.24) is 5.32 Å². The molecule has 0 radical (unpaired) electrons. The predicted octanol–water partition coefficient (Wildman–Crippen LogP) is 0.759. The molecule has 1 amide bonds. The van der Waals surface area contributed by atoms with Gasteiger partial charge in [-0.2, -0.15) is 0 Å². The van der Waals surface area contributed by atoms with Crippen molar-refractivity contribution in [1.29, 1.82) is 5.41 Å². The van der Waals surface area contributed by atoms with E-state index in [0.29, 0.717) is 0 Å². The summed E-state index contributed by atoms with van der Waals surface area (Å²) in [5.41, 5.74) is 1.07. The summed E-state index contributed by atoms with van der Waals surface area (Å²) in [4.78, 5) is 35.7. The molecule has 1 saturated heterocycles. The number of benzene rings is 1. The molecule has 0 aliphatic carbocycles. The van der Waals surface area contributed by atoms with Gasteiger partial charge in [0.05, 0.1) is 18.1 Å². The minimum absolute atomic E-state index is 0.0282. The van der Waals surface area contributed by atoms with Crippen LogP contribution in [0.15, 0.2) is 24.3 Å². The molecule has 0 aromatic heterocycles. The van der Waals surface area contributed by atoms with Crippen LogP contribution in [0, 0.1) is 24.2 Å². The van der Waals surface area contributed by atoms with E-state index in [2.05, 4.69) is 5.32 Å². The van der Waals surface area contributed by atoms with E-state index >= 15 is 0 Å². The van der Waals surface area contributed by atoms with Crippen molar-refractivity contribution in [3.8, 4) is 0 Å². The second-order valence-corrected chi connectivity index (χ2v) is 6.39. The van der Waals surface area contributed by atoms with Crippen LogP contribution in [0.3, 0.4) is 0 Å². The van der Waals surface area contributed by atoms with Gasteiger partial charge in [0.2, 0.25) is 5.91 Å². The lowest BCUT2D eigenvalue weighted by molar-refractivity contribution is -0.144. The molecule has 0 spiro atoms. The number of nitrogens with one attached hydrogen (secondary N) is 2. The molecule has 7 heteroatoms. The summed E-state index contributed by atoms with van der Waals surface area (Å²) in [5, 5.41) is 19.9. The number of esters is 1. The summed E-state index contributed by atoms with van der Waals surface area (Å²) in [6.45, 7) is 4.89. The van der Waals surface area contributed by atoms with Gasteiger partial charge in [-0.15, -0.1) is 0 Å². The van der Waals surface area contributed by atoms with Gasteiger partial charge >= 0.3 is 5.97 Å². The minimum Gasteiger partial charge on any atom is -0.456 e. The van der Waals surface area contributed by atoms with Crippen LogP contribution in [0.1, 0.15) is 25.0 Å². The molecule has 1 aromatic rings. The molecule has 134 valence electrons. The number of Topliss-reactive ketones (excluding diaryl/α,β-unsaturated/α-hetero) is 1. The van der Waals surface area contributed by atoms with Gasteiger partial charge in [-0.1, -0.05) is 36.8 Å². The Morgan fingerprint density at radius 3 is 2.40 bits per heavy atom. The minimum atomic E-state index is -1.00. The molecule has 4 unspecified atom stereocenters. The first kappa shape index (κ1) is 18.8. The first-order valence-electron chi connectivity index (χ1n) is 8.06. The zero-order valence-corrected chi connectivity index (χ0v) is 14.4. The normalized spacial score (nSPS) is 21.5. The summed E-state index contributed by atoms with van der Waals surface area (Å²) in [7, 11) is 0. The van der Waals surface area contributed by atoms with Gasteiger partial charge in [0.25, 0.3) is 0 Å². The van der Waals surface area contributed by atoms with Crippen LogP contribution in [0.25, 0.3) is 0 Å². The topological polar surface area (TPSA) is 117 Å². The number of rotatable bonds is 7. The summed E-state index contributed by atoms with van der Waals surface area (Å²) in [5.74, 6) is -3.57. The SMILES string of the molecule is Cc1ccc(COC(=O)C(=N)C(=O)C(C)C2NC(=O)C2C(C)O)cc1. The number of β-lactam (4-membered cyclic amide) rings is 1. The first-order chi connectivity index (χ1) is 11.7. The van der Waals surface area contributed by atoms with Gasteiger partial charge in [-0.3, -0.25) is 15.0 Å². The van der Waals surface area contributed by atoms with Crippen molar-refractivity contribution in [2.75, 3.05) is 0 Å². The van der Waals surface area contributed by atoms with E-state index in [1.165, 1.54) is 13.8 Å². The van der Waals surface area contributed by atoms with Crippen LogP contribution in [0.4, 0.5) is 0 Å². The van der Waals surface area contributed by atoms with E-state index in [9.17, 15) is 19.5 Å². The van der Waals surface area contributed by atoms with Gasteiger partial charge in [-0.05, 0) is 19.4 Å².